The lowest BCUT2D eigenvalue weighted by atomic mass is 10.1. The van der Waals surface area contributed by atoms with Gasteiger partial charge < -0.3 is 10.5 Å². The van der Waals surface area contributed by atoms with Crippen molar-refractivity contribution >= 4 is 11.6 Å². The van der Waals surface area contributed by atoms with Crippen LogP contribution in [0.3, 0.4) is 0 Å². The first-order valence-electron chi connectivity index (χ1n) is 4.01. The van der Waals surface area contributed by atoms with E-state index >= 15 is 0 Å². The minimum atomic E-state index is -0.416. The average Bonchev–Trinajstić information content (AvgIpc) is 2.18. The smallest absolute Gasteiger partial charge is 0.217 e. The number of hydrogen-bond acceptors (Lipinski definition) is 4. The number of nitrogens with zero attached hydrogens (tertiary/aromatic N) is 2. The van der Waals surface area contributed by atoms with Gasteiger partial charge in [-0.1, -0.05) is 11.6 Å². The van der Waals surface area contributed by atoms with E-state index < -0.39 is 6.04 Å². The fourth-order valence-corrected chi connectivity index (χ4v) is 1.25. The molecule has 1 atom stereocenters. The molecular formula is C9H10ClN3O. The summed E-state index contributed by atoms with van der Waals surface area (Å²) in [4.78, 5) is 3.96. The zero-order valence-electron chi connectivity index (χ0n) is 7.70. The maximum absolute atomic E-state index is 8.51. The summed E-state index contributed by atoms with van der Waals surface area (Å²) in [6.07, 6.45) is 1.68. The van der Waals surface area contributed by atoms with Gasteiger partial charge in [0.1, 0.15) is 0 Å². The average molecular weight is 212 g/mol. The number of aromatic nitrogens is 1. The van der Waals surface area contributed by atoms with E-state index in [-0.39, 0.29) is 6.42 Å². The molecule has 0 aliphatic heterocycles. The van der Waals surface area contributed by atoms with Crippen LogP contribution in [-0.4, -0.2) is 12.1 Å². The second-order valence-electron chi connectivity index (χ2n) is 2.72. The molecule has 1 aromatic rings. The summed E-state index contributed by atoms with van der Waals surface area (Å²) in [5, 5.41) is 8.99. The highest BCUT2D eigenvalue weighted by Gasteiger charge is 2.13. The first kappa shape index (κ1) is 10.8. The fraction of sp³-hybridized carbons (Fsp3) is 0.333. The second-order valence-corrected chi connectivity index (χ2v) is 3.16. The molecule has 1 heterocycles. The predicted molar refractivity (Wildman–Crippen MR) is 53.0 cm³/mol. The van der Waals surface area contributed by atoms with E-state index in [0.717, 1.165) is 0 Å². The molecule has 0 spiro atoms. The van der Waals surface area contributed by atoms with Crippen LogP contribution in [0.1, 0.15) is 18.0 Å². The van der Waals surface area contributed by atoms with Gasteiger partial charge in [-0.2, -0.15) is 5.26 Å². The number of nitriles is 1. The van der Waals surface area contributed by atoms with E-state index in [1.807, 2.05) is 6.07 Å². The lowest BCUT2D eigenvalue weighted by Crippen LogP contribution is -2.11. The Labute approximate surface area is 87.3 Å². The van der Waals surface area contributed by atoms with Crippen molar-refractivity contribution in [3.8, 4) is 11.9 Å². The monoisotopic (exact) mass is 211 g/mol. The third-order valence-electron chi connectivity index (χ3n) is 1.75. The molecule has 0 amide bonds. The number of nitrogens with two attached hydrogens (primary N) is 1. The second kappa shape index (κ2) is 4.80. The van der Waals surface area contributed by atoms with E-state index in [1.54, 1.807) is 6.07 Å². The van der Waals surface area contributed by atoms with E-state index in [2.05, 4.69) is 4.98 Å². The number of rotatable bonds is 3. The van der Waals surface area contributed by atoms with Crippen LogP contribution in [0.4, 0.5) is 0 Å². The number of pyridine rings is 1. The van der Waals surface area contributed by atoms with E-state index in [0.29, 0.717) is 16.5 Å². The van der Waals surface area contributed by atoms with E-state index in [4.69, 9.17) is 27.3 Å². The summed E-state index contributed by atoms with van der Waals surface area (Å²) in [7, 11) is 1.50. The van der Waals surface area contributed by atoms with Crippen LogP contribution in [0.25, 0.3) is 0 Å². The summed E-state index contributed by atoms with van der Waals surface area (Å²) < 4.78 is 5.01. The van der Waals surface area contributed by atoms with E-state index in [9.17, 15) is 0 Å². The molecular weight excluding hydrogens is 202 g/mol. The Morgan fingerprint density at radius 2 is 2.50 bits per heavy atom. The molecule has 14 heavy (non-hydrogen) atoms. The summed E-state index contributed by atoms with van der Waals surface area (Å²) >= 11 is 5.76. The molecule has 2 N–H and O–H groups in total. The molecule has 0 saturated heterocycles. The van der Waals surface area contributed by atoms with Crippen molar-refractivity contribution in [2.45, 2.75) is 12.5 Å². The van der Waals surface area contributed by atoms with Crippen LogP contribution in [0.2, 0.25) is 5.02 Å². The van der Waals surface area contributed by atoms with Crippen molar-refractivity contribution in [1.29, 1.82) is 5.26 Å². The van der Waals surface area contributed by atoms with Crippen molar-refractivity contribution in [2.24, 2.45) is 5.73 Å². The van der Waals surface area contributed by atoms with Gasteiger partial charge in [0.05, 0.1) is 24.6 Å². The topological polar surface area (TPSA) is 71.9 Å². The molecule has 0 bridgehead atoms. The molecule has 4 nitrogen and oxygen atoms in total. The van der Waals surface area contributed by atoms with Crippen molar-refractivity contribution < 1.29 is 4.74 Å². The highest BCUT2D eigenvalue weighted by molar-refractivity contribution is 6.30. The first-order chi connectivity index (χ1) is 6.69. The molecule has 0 unspecified atom stereocenters. The highest BCUT2D eigenvalue weighted by Crippen LogP contribution is 2.25. The van der Waals surface area contributed by atoms with E-state index in [1.165, 1.54) is 13.3 Å². The van der Waals surface area contributed by atoms with Gasteiger partial charge in [0.25, 0.3) is 0 Å². The van der Waals surface area contributed by atoms with Crippen molar-refractivity contribution in [1.82, 2.24) is 4.98 Å². The van der Waals surface area contributed by atoms with Crippen LogP contribution in [0.5, 0.6) is 5.88 Å². The van der Waals surface area contributed by atoms with Gasteiger partial charge in [0.2, 0.25) is 5.88 Å². The van der Waals surface area contributed by atoms with Gasteiger partial charge in [0.15, 0.2) is 0 Å². The van der Waals surface area contributed by atoms with Gasteiger partial charge in [0, 0.05) is 17.8 Å². The van der Waals surface area contributed by atoms with Crippen molar-refractivity contribution in [2.75, 3.05) is 7.11 Å². The number of halogens is 1. The highest BCUT2D eigenvalue weighted by atomic mass is 35.5. The van der Waals surface area contributed by atoms with Crippen LogP contribution in [0.15, 0.2) is 12.3 Å². The number of hydrogen-bond donors (Lipinski definition) is 1. The van der Waals surface area contributed by atoms with Gasteiger partial charge in [-0.15, -0.1) is 0 Å². The molecule has 0 saturated carbocycles. The van der Waals surface area contributed by atoms with Gasteiger partial charge in [-0.25, -0.2) is 4.98 Å². The SMILES string of the molecule is COc1ncc(Cl)cc1[C@@H](N)CC#N. The van der Waals surface area contributed by atoms with Gasteiger partial charge in [-0.3, -0.25) is 0 Å². The molecule has 1 aromatic heterocycles. The predicted octanol–water partition coefficient (Wildman–Crippen LogP) is 1.66. The summed E-state index contributed by atoms with van der Waals surface area (Å²) in [5.41, 5.74) is 6.40. The molecule has 0 aromatic carbocycles. The minimum Gasteiger partial charge on any atom is -0.481 e. The standard InChI is InChI=1S/C9H10ClN3O/c1-14-9-7(8(12)2-3-11)4-6(10)5-13-9/h4-5,8H,2,12H2,1H3/t8-/m0/s1. The maximum Gasteiger partial charge on any atom is 0.217 e. The Morgan fingerprint density at radius 3 is 3.07 bits per heavy atom. The lowest BCUT2D eigenvalue weighted by Gasteiger charge is -2.11. The Morgan fingerprint density at radius 1 is 1.79 bits per heavy atom. The molecule has 74 valence electrons. The summed E-state index contributed by atoms with van der Waals surface area (Å²) in [6.45, 7) is 0. The quantitative estimate of drug-likeness (QED) is 0.825. The summed E-state index contributed by atoms with van der Waals surface area (Å²) in [5.74, 6) is 0.414. The Bertz CT molecular complexity index is 362. The lowest BCUT2D eigenvalue weighted by molar-refractivity contribution is 0.388. The van der Waals surface area contributed by atoms with Crippen LogP contribution < -0.4 is 10.5 Å². The third-order valence-corrected chi connectivity index (χ3v) is 1.96. The first-order valence-corrected chi connectivity index (χ1v) is 4.38. The van der Waals surface area contributed by atoms with Crippen LogP contribution >= 0.6 is 11.6 Å². The van der Waals surface area contributed by atoms with Crippen molar-refractivity contribution in [3.63, 3.8) is 0 Å². The fourth-order valence-electron chi connectivity index (χ4n) is 1.09. The van der Waals surface area contributed by atoms with Crippen molar-refractivity contribution in [3.05, 3.63) is 22.8 Å². The number of ether oxygens (including phenoxy) is 1. The molecule has 0 fully saturated rings. The largest absolute Gasteiger partial charge is 0.481 e. The summed E-state index contributed by atoms with van der Waals surface area (Å²) in [6, 6.07) is 3.23. The van der Waals surface area contributed by atoms with Gasteiger partial charge in [-0.05, 0) is 6.07 Å². The molecule has 0 aliphatic carbocycles. The normalized spacial score (nSPS) is 11.9. The molecule has 1 rings (SSSR count). The minimum absolute atomic E-state index is 0.207. The molecule has 5 heteroatoms. The maximum atomic E-state index is 8.51. The molecule has 0 radical (unpaired) electrons. The Kier molecular flexibility index (Phi) is 3.69. The molecule has 0 aliphatic rings. The van der Waals surface area contributed by atoms with Gasteiger partial charge >= 0.3 is 0 Å². The Balaban J connectivity index is 3.04. The third kappa shape index (κ3) is 2.34. The number of methoxy groups -OCH3 is 1. The van der Waals surface area contributed by atoms with Crippen LogP contribution in [0, 0.1) is 11.3 Å². The van der Waals surface area contributed by atoms with Crippen LogP contribution in [-0.2, 0) is 0 Å². The zero-order chi connectivity index (χ0) is 10.6. The Hall–Kier alpha value is -1.31. The zero-order valence-corrected chi connectivity index (χ0v) is 8.45.